The maximum absolute atomic E-state index is 8.30. The minimum Gasteiger partial charge on any atom is -0.473 e. The van der Waals surface area contributed by atoms with E-state index in [-0.39, 0.29) is 13.2 Å². The van der Waals surface area contributed by atoms with Crippen LogP contribution in [0.2, 0.25) is 0 Å². The number of aliphatic hydroxyl groups excluding tert-OH is 2. The van der Waals surface area contributed by atoms with E-state index in [1.165, 1.54) is 11.1 Å². The number of aliphatic hydroxyl groups is 2. The molecule has 0 aromatic rings. The maximum Gasteiger partial charge on any atom is 0.0893 e. The Morgan fingerprint density at radius 3 is 1.24 bits per heavy atom. The van der Waals surface area contributed by atoms with Crippen molar-refractivity contribution in [1.82, 2.24) is 0 Å². The van der Waals surface area contributed by atoms with Crippen LogP contribution < -0.4 is 0 Å². The van der Waals surface area contributed by atoms with Crippen LogP contribution in [0, 0.1) is 0 Å². The van der Waals surface area contributed by atoms with Crippen molar-refractivity contribution in [2.45, 2.75) is 79.1 Å². The lowest BCUT2D eigenvalue weighted by Crippen LogP contribution is -1.85. The van der Waals surface area contributed by atoms with Gasteiger partial charge in [0.2, 0.25) is 0 Å². The molecule has 0 unspecified atom stereocenters. The van der Waals surface area contributed by atoms with Crippen LogP contribution in [0.3, 0.4) is 0 Å². The molecule has 0 atom stereocenters. The topological polar surface area (TPSA) is 49.7 Å². The third-order valence-corrected chi connectivity index (χ3v) is 3.35. The molecule has 0 saturated carbocycles. The van der Waals surface area contributed by atoms with Gasteiger partial charge in [-0.25, -0.2) is 0 Å². The summed E-state index contributed by atoms with van der Waals surface area (Å²) in [7, 11) is 0. The summed E-state index contributed by atoms with van der Waals surface area (Å²) in [6.07, 6.45) is 11.9. The first kappa shape index (κ1) is 22.5. The largest absolute Gasteiger partial charge is 0.473 e. The predicted molar refractivity (Wildman–Crippen MR) is 91.1 cm³/mol. The zero-order valence-electron chi connectivity index (χ0n) is 14.5. The molecule has 0 aromatic carbocycles. The average molecular weight is 300 g/mol. The van der Waals surface area contributed by atoms with Gasteiger partial charge in [-0.05, 0) is 49.7 Å². The van der Waals surface area contributed by atoms with E-state index in [1.807, 2.05) is 12.5 Å². The molecule has 0 aliphatic carbocycles. The fourth-order valence-electron chi connectivity index (χ4n) is 1.64. The van der Waals surface area contributed by atoms with Crippen molar-refractivity contribution in [2.24, 2.45) is 0 Å². The second-order valence-corrected chi connectivity index (χ2v) is 4.96. The van der Waals surface area contributed by atoms with E-state index in [4.69, 9.17) is 14.9 Å². The number of rotatable bonds is 11. The van der Waals surface area contributed by atoms with Crippen molar-refractivity contribution >= 4 is 0 Å². The molecule has 0 aliphatic rings. The third-order valence-electron chi connectivity index (χ3n) is 3.35. The van der Waals surface area contributed by atoms with Gasteiger partial charge in [0.05, 0.1) is 12.5 Å². The number of hydrogen-bond donors (Lipinski definition) is 2. The Balaban J connectivity index is 0. The van der Waals surface area contributed by atoms with Crippen molar-refractivity contribution < 1.29 is 14.9 Å². The standard InChI is InChI=1S/C12H22O.C6H14O2/c1-5-11(6-2)9-13-10-12(7-3)8-4;7-5-3-1-2-4-6-8/h9-10H,5-8H2,1-4H3;7-8H,1-6H2. The molecule has 2 N–H and O–H groups in total. The van der Waals surface area contributed by atoms with Gasteiger partial charge < -0.3 is 14.9 Å². The van der Waals surface area contributed by atoms with Crippen molar-refractivity contribution in [3.05, 3.63) is 23.7 Å². The van der Waals surface area contributed by atoms with Gasteiger partial charge in [0.15, 0.2) is 0 Å². The Hall–Kier alpha value is -0.800. The van der Waals surface area contributed by atoms with Crippen molar-refractivity contribution in [1.29, 1.82) is 0 Å². The molecule has 0 radical (unpaired) electrons. The van der Waals surface area contributed by atoms with Crippen molar-refractivity contribution in [3.63, 3.8) is 0 Å². The predicted octanol–water partition coefficient (Wildman–Crippen LogP) is 4.94. The molecular formula is C18H36O3. The van der Waals surface area contributed by atoms with Gasteiger partial charge in [-0.2, -0.15) is 0 Å². The van der Waals surface area contributed by atoms with Crippen molar-refractivity contribution in [3.8, 4) is 0 Å². The lowest BCUT2D eigenvalue weighted by molar-refractivity contribution is 0.265. The van der Waals surface area contributed by atoms with Gasteiger partial charge in [-0.1, -0.05) is 40.5 Å². The second-order valence-electron chi connectivity index (χ2n) is 4.96. The van der Waals surface area contributed by atoms with Crippen LogP contribution in [0.15, 0.2) is 23.7 Å². The average Bonchev–Trinajstić information content (AvgIpc) is 2.53. The molecule has 0 aliphatic heterocycles. The summed E-state index contributed by atoms with van der Waals surface area (Å²) in [4.78, 5) is 0. The van der Waals surface area contributed by atoms with Gasteiger partial charge in [0.25, 0.3) is 0 Å². The number of unbranched alkanes of at least 4 members (excludes halogenated alkanes) is 3. The highest BCUT2D eigenvalue weighted by atomic mass is 16.5. The monoisotopic (exact) mass is 300 g/mol. The van der Waals surface area contributed by atoms with Gasteiger partial charge in [-0.15, -0.1) is 0 Å². The molecule has 0 rings (SSSR count). The highest BCUT2D eigenvalue weighted by Gasteiger charge is 1.91. The van der Waals surface area contributed by atoms with Crippen LogP contribution in [-0.4, -0.2) is 23.4 Å². The molecular weight excluding hydrogens is 264 g/mol. The molecule has 126 valence electrons. The molecule has 0 heterocycles. The summed E-state index contributed by atoms with van der Waals surface area (Å²) in [5.74, 6) is 0. The Morgan fingerprint density at radius 1 is 0.667 bits per heavy atom. The van der Waals surface area contributed by atoms with E-state index in [0.717, 1.165) is 51.4 Å². The van der Waals surface area contributed by atoms with Crippen LogP contribution in [0.4, 0.5) is 0 Å². The lowest BCUT2D eigenvalue weighted by Gasteiger charge is -2.01. The number of hydrogen-bond acceptors (Lipinski definition) is 3. The Bertz CT molecular complexity index is 219. The van der Waals surface area contributed by atoms with Crippen LogP contribution in [0.5, 0.6) is 0 Å². The zero-order valence-corrected chi connectivity index (χ0v) is 14.5. The van der Waals surface area contributed by atoms with Crippen LogP contribution in [0.25, 0.3) is 0 Å². The minimum absolute atomic E-state index is 0.283. The van der Waals surface area contributed by atoms with Crippen LogP contribution in [0.1, 0.15) is 79.1 Å². The molecule has 0 fully saturated rings. The van der Waals surface area contributed by atoms with Crippen LogP contribution in [-0.2, 0) is 4.74 Å². The maximum atomic E-state index is 8.30. The molecule has 21 heavy (non-hydrogen) atoms. The van der Waals surface area contributed by atoms with Crippen molar-refractivity contribution in [2.75, 3.05) is 13.2 Å². The lowest BCUT2D eigenvalue weighted by atomic mass is 10.2. The molecule has 0 spiro atoms. The fraction of sp³-hybridized carbons (Fsp3) is 0.778. The Morgan fingerprint density at radius 2 is 1.00 bits per heavy atom. The van der Waals surface area contributed by atoms with Gasteiger partial charge >= 0.3 is 0 Å². The van der Waals surface area contributed by atoms with Gasteiger partial charge in [0, 0.05) is 13.2 Å². The molecule has 0 bridgehead atoms. The molecule has 3 heteroatoms. The Labute approximate surface area is 131 Å². The molecule has 3 nitrogen and oxygen atoms in total. The normalized spacial score (nSPS) is 9.43. The van der Waals surface area contributed by atoms with Gasteiger partial charge in [-0.3, -0.25) is 0 Å². The molecule has 0 amide bonds. The summed E-state index contributed by atoms with van der Waals surface area (Å²) < 4.78 is 5.40. The minimum atomic E-state index is 0.283. The summed E-state index contributed by atoms with van der Waals surface area (Å²) in [6, 6.07) is 0. The first-order valence-electron chi connectivity index (χ1n) is 8.42. The second kappa shape index (κ2) is 19.2. The molecule has 0 aromatic heterocycles. The summed E-state index contributed by atoms with van der Waals surface area (Å²) in [5, 5.41) is 16.6. The smallest absolute Gasteiger partial charge is 0.0893 e. The summed E-state index contributed by atoms with van der Waals surface area (Å²) in [5.41, 5.74) is 2.73. The first-order valence-corrected chi connectivity index (χ1v) is 8.42. The highest BCUT2D eigenvalue weighted by molar-refractivity contribution is 5.00. The Kier molecular flexibility index (Phi) is 20.6. The SMILES string of the molecule is CCC(=COC=C(CC)CC)CC.OCCCCCCO. The van der Waals surface area contributed by atoms with E-state index >= 15 is 0 Å². The van der Waals surface area contributed by atoms with E-state index in [1.54, 1.807) is 0 Å². The number of ether oxygens (including phenoxy) is 1. The van der Waals surface area contributed by atoms with E-state index in [0.29, 0.717) is 0 Å². The number of allylic oxidation sites excluding steroid dienone is 2. The zero-order chi connectivity index (χ0) is 16.3. The quantitative estimate of drug-likeness (QED) is 0.419. The van der Waals surface area contributed by atoms with E-state index in [9.17, 15) is 0 Å². The van der Waals surface area contributed by atoms with E-state index < -0.39 is 0 Å². The fourth-order valence-corrected chi connectivity index (χ4v) is 1.64. The molecule has 0 saturated heterocycles. The van der Waals surface area contributed by atoms with Gasteiger partial charge in [0.1, 0.15) is 0 Å². The summed E-state index contributed by atoms with van der Waals surface area (Å²) in [6.45, 7) is 9.19. The van der Waals surface area contributed by atoms with E-state index in [2.05, 4.69) is 27.7 Å². The third kappa shape index (κ3) is 17.1. The first-order chi connectivity index (χ1) is 10.2. The highest BCUT2D eigenvalue weighted by Crippen LogP contribution is 2.09. The van der Waals surface area contributed by atoms with Crippen LogP contribution >= 0.6 is 0 Å². The summed E-state index contributed by atoms with van der Waals surface area (Å²) >= 11 is 0.